The summed E-state index contributed by atoms with van der Waals surface area (Å²) in [5, 5.41) is 0.394. The van der Waals surface area contributed by atoms with Gasteiger partial charge in [0.1, 0.15) is 11.3 Å². The molecule has 2 aromatic carbocycles. The summed E-state index contributed by atoms with van der Waals surface area (Å²) in [6, 6.07) is 9.90. The third-order valence-corrected chi connectivity index (χ3v) is 10.00. The van der Waals surface area contributed by atoms with Gasteiger partial charge in [-0.05, 0) is 68.8 Å². The van der Waals surface area contributed by atoms with Gasteiger partial charge in [-0.3, -0.25) is 14.0 Å². The van der Waals surface area contributed by atoms with Crippen LogP contribution in [0.2, 0.25) is 5.02 Å². The third kappa shape index (κ3) is 5.92. The van der Waals surface area contributed by atoms with E-state index in [0.717, 1.165) is 22.5 Å². The first-order valence-electron chi connectivity index (χ1n) is 13.9. The monoisotopic (exact) mass is 652 g/mol. The number of benzene rings is 2. The maximum Gasteiger partial charge on any atom is 0.416 e. The first-order chi connectivity index (χ1) is 20.7. The molecule has 2 aliphatic rings. The Hall–Kier alpha value is -3.55. The van der Waals surface area contributed by atoms with Gasteiger partial charge in [0.2, 0.25) is 0 Å². The largest absolute Gasteiger partial charge is 0.497 e. The van der Waals surface area contributed by atoms with Crippen LogP contribution in [0.4, 0.5) is 24.7 Å². The van der Waals surface area contributed by atoms with Crippen molar-refractivity contribution in [2.75, 3.05) is 49.1 Å². The number of methoxy groups -OCH3 is 1. The zero-order chi connectivity index (χ0) is 32.0. The van der Waals surface area contributed by atoms with Gasteiger partial charge in [0.05, 0.1) is 42.4 Å². The molecule has 3 heterocycles. The van der Waals surface area contributed by atoms with Gasteiger partial charge in [0.15, 0.2) is 5.82 Å². The number of nitrogens with zero attached hydrogens (tertiary/aromatic N) is 4. The number of aromatic nitrogens is 1. The van der Waals surface area contributed by atoms with Crippen molar-refractivity contribution in [3.05, 3.63) is 65.3 Å². The first-order valence-corrected chi connectivity index (χ1v) is 15.7. The van der Waals surface area contributed by atoms with Crippen molar-refractivity contribution in [1.29, 1.82) is 0 Å². The van der Waals surface area contributed by atoms with Gasteiger partial charge in [0, 0.05) is 36.4 Å². The molecule has 0 unspecified atom stereocenters. The summed E-state index contributed by atoms with van der Waals surface area (Å²) in [7, 11) is -3.01. The van der Waals surface area contributed by atoms with E-state index < -0.39 is 44.2 Å². The molecule has 2 aliphatic heterocycles. The molecule has 236 valence electrons. The molecule has 1 aromatic heterocycles. The van der Waals surface area contributed by atoms with Crippen molar-refractivity contribution < 1.29 is 35.9 Å². The van der Waals surface area contributed by atoms with E-state index in [-0.39, 0.29) is 25.4 Å². The van der Waals surface area contributed by atoms with Gasteiger partial charge >= 0.3 is 12.1 Å². The lowest BCUT2D eigenvalue weighted by atomic mass is 9.98. The zero-order valence-corrected chi connectivity index (χ0v) is 26.1. The van der Waals surface area contributed by atoms with E-state index in [2.05, 4.69) is 4.98 Å². The second-order valence-corrected chi connectivity index (χ2v) is 13.4. The molecule has 0 N–H and O–H groups in total. The van der Waals surface area contributed by atoms with Crippen molar-refractivity contribution in [2.24, 2.45) is 0 Å². The number of carbonyl (C=O) groups excluding carboxylic acids is 1. The minimum Gasteiger partial charge on any atom is -0.497 e. The van der Waals surface area contributed by atoms with Crippen molar-refractivity contribution in [1.82, 2.24) is 9.88 Å². The molecule has 9 nitrogen and oxygen atoms in total. The highest BCUT2D eigenvalue weighted by Crippen LogP contribution is 2.42. The molecule has 0 radical (unpaired) electrons. The Kier molecular flexibility index (Phi) is 8.51. The van der Waals surface area contributed by atoms with Crippen LogP contribution in [0.5, 0.6) is 5.75 Å². The first kappa shape index (κ1) is 31.9. The SMILES string of the molecule is CCOC(=O)C(C)(C)N1CCN2c3ncc(-c4cc(Cl)cc(OC)c4)cc3N(S(=O)(=O)c3cccc(C(F)(F)F)c3)C[C@@H]2C1. The fourth-order valence-corrected chi connectivity index (χ4v) is 7.34. The normalized spacial score (nSPS) is 17.6. The molecule has 0 saturated carbocycles. The minimum atomic E-state index is -4.73. The fraction of sp³-hybridized carbons (Fsp3) is 0.400. The lowest BCUT2D eigenvalue weighted by molar-refractivity contribution is -0.156. The van der Waals surface area contributed by atoms with Crippen LogP contribution in [-0.2, 0) is 25.7 Å². The summed E-state index contributed by atoms with van der Waals surface area (Å²) >= 11 is 6.29. The van der Waals surface area contributed by atoms with Gasteiger partial charge in [-0.25, -0.2) is 13.4 Å². The summed E-state index contributed by atoms with van der Waals surface area (Å²) in [5.41, 5.74) is -0.696. The van der Waals surface area contributed by atoms with E-state index in [4.69, 9.17) is 21.1 Å². The van der Waals surface area contributed by atoms with Crippen LogP contribution in [0, 0.1) is 0 Å². The number of anilines is 2. The van der Waals surface area contributed by atoms with Gasteiger partial charge in [0.25, 0.3) is 10.0 Å². The molecule has 0 amide bonds. The molecule has 0 bridgehead atoms. The summed E-state index contributed by atoms with van der Waals surface area (Å²) in [6.07, 6.45) is -3.14. The van der Waals surface area contributed by atoms with Crippen LogP contribution < -0.4 is 13.9 Å². The highest BCUT2D eigenvalue weighted by atomic mass is 35.5. The molecule has 1 atom stereocenters. The van der Waals surface area contributed by atoms with E-state index in [0.29, 0.717) is 46.9 Å². The molecule has 3 aromatic rings. The molecule has 44 heavy (non-hydrogen) atoms. The van der Waals surface area contributed by atoms with Crippen LogP contribution in [0.1, 0.15) is 26.3 Å². The van der Waals surface area contributed by atoms with E-state index in [1.54, 1.807) is 51.2 Å². The number of rotatable bonds is 7. The second-order valence-electron chi connectivity index (χ2n) is 11.1. The minimum absolute atomic E-state index is 0.0923. The topological polar surface area (TPSA) is 92.3 Å². The number of carbonyl (C=O) groups is 1. The van der Waals surface area contributed by atoms with Crippen molar-refractivity contribution in [3.63, 3.8) is 0 Å². The number of sulfonamides is 1. The average molecular weight is 653 g/mol. The Balaban J connectivity index is 1.62. The summed E-state index contributed by atoms with van der Waals surface area (Å²) in [5.74, 6) is 0.444. The van der Waals surface area contributed by atoms with Gasteiger partial charge in [-0.2, -0.15) is 13.2 Å². The highest BCUT2D eigenvalue weighted by molar-refractivity contribution is 7.92. The summed E-state index contributed by atoms with van der Waals surface area (Å²) in [4.78, 5) is 20.9. The number of piperazine rings is 1. The molecule has 14 heteroatoms. The Morgan fingerprint density at radius 1 is 1.07 bits per heavy atom. The smallest absolute Gasteiger partial charge is 0.416 e. The number of fused-ring (bicyclic) bond motifs is 3. The molecular weight excluding hydrogens is 621 g/mol. The van der Waals surface area contributed by atoms with Crippen LogP contribution in [-0.4, -0.2) is 75.7 Å². The maximum atomic E-state index is 14.2. The Morgan fingerprint density at radius 2 is 1.82 bits per heavy atom. The lowest BCUT2D eigenvalue weighted by Crippen LogP contribution is -2.65. The molecule has 5 rings (SSSR count). The quantitative estimate of drug-likeness (QED) is 0.311. The van der Waals surface area contributed by atoms with Crippen molar-refractivity contribution in [2.45, 2.75) is 43.4 Å². The van der Waals surface area contributed by atoms with Crippen molar-refractivity contribution >= 4 is 39.1 Å². The van der Waals surface area contributed by atoms with E-state index >= 15 is 0 Å². The van der Waals surface area contributed by atoms with Crippen LogP contribution in [0.15, 0.2) is 59.6 Å². The fourth-order valence-electron chi connectivity index (χ4n) is 5.57. The third-order valence-electron chi connectivity index (χ3n) is 8.00. The lowest BCUT2D eigenvalue weighted by Gasteiger charge is -2.51. The van der Waals surface area contributed by atoms with Crippen LogP contribution >= 0.6 is 11.6 Å². The number of pyridine rings is 1. The summed E-state index contributed by atoms with van der Waals surface area (Å²) < 4.78 is 80.8. The number of alkyl halides is 3. The highest BCUT2D eigenvalue weighted by Gasteiger charge is 2.46. The predicted molar refractivity (Wildman–Crippen MR) is 161 cm³/mol. The summed E-state index contributed by atoms with van der Waals surface area (Å²) in [6.45, 7) is 6.52. The molecule has 0 spiro atoms. The predicted octanol–water partition coefficient (Wildman–Crippen LogP) is 5.47. The maximum absolute atomic E-state index is 14.2. The average Bonchev–Trinajstić information content (AvgIpc) is 2.99. The number of ether oxygens (including phenoxy) is 2. The molecular formula is C30H32ClF3N4O5S. The van der Waals surface area contributed by atoms with E-state index in [9.17, 15) is 26.4 Å². The zero-order valence-electron chi connectivity index (χ0n) is 24.6. The Labute approximate surface area is 259 Å². The Bertz CT molecular complexity index is 1690. The standard InChI is InChI=1S/C30H32ClF3N4O5S/c1-5-43-28(39)29(2,3)36-9-10-37-23(17-36)18-38(44(40,41)25-8-6-7-21(14-25)30(32,33)34)26-13-20(16-35-27(26)37)19-11-22(31)15-24(12-19)42-4/h6-8,11-16,23H,5,9-10,17-18H2,1-4H3/t23-/m0/s1. The van der Waals surface area contributed by atoms with Gasteiger partial charge in [-0.1, -0.05) is 17.7 Å². The number of halogens is 4. The molecule has 0 aliphatic carbocycles. The molecule has 1 fully saturated rings. The van der Waals surface area contributed by atoms with E-state index in [1.807, 2.05) is 9.80 Å². The van der Waals surface area contributed by atoms with Crippen LogP contribution in [0.25, 0.3) is 11.1 Å². The Morgan fingerprint density at radius 3 is 2.50 bits per heavy atom. The molecule has 1 saturated heterocycles. The number of hydrogen-bond acceptors (Lipinski definition) is 8. The van der Waals surface area contributed by atoms with E-state index in [1.165, 1.54) is 7.11 Å². The second kappa shape index (κ2) is 11.8. The van der Waals surface area contributed by atoms with Crippen molar-refractivity contribution in [3.8, 4) is 16.9 Å². The van der Waals surface area contributed by atoms with Crippen LogP contribution in [0.3, 0.4) is 0 Å². The van der Waals surface area contributed by atoms with Gasteiger partial charge < -0.3 is 14.4 Å². The number of esters is 1. The number of hydrogen-bond donors (Lipinski definition) is 0. The van der Waals surface area contributed by atoms with Gasteiger partial charge in [-0.15, -0.1) is 0 Å².